The van der Waals surface area contributed by atoms with Crippen molar-refractivity contribution in [3.8, 4) is 17.2 Å². The highest BCUT2D eigenvalue weighted by atomic mass is 32.2. The Morgan fingerprint density at radius 1 is 0.889 bits per heavy atom. The van der Waals surface area contributed by atoms with E-state index in [9.17, 15) is 4.79 Å². The van der Waals surface area contributed by atoms with Crippen LogP contribution >= 0.6 is 24.0 Å². The maximum absolute atomic E-state index is 13.1. The first kappa shape index (κ1) is 25.8. The van der Waals surface area contributed by atoms with Crippen molar-refractivity contribution in [2.75, 3.05) is 25.2 Å². The van der Waals surface area contributed by atoms with Crippen LogP contribution in [0, 0.1) is 0 Å². The zero-order valence-electron chi connectivity index (χ0n) is 20.8. The Balaban J connectivity index is 1.34. The van der Waals surface area contributed by atoms with E-state index in [4.69, 9.17) is 26.4 Å². The number of carbonyl (C=O) groups excluding carboxylic acids is 1. The molecule has 1 aliphatic rings. The van der Waals surface area contributed by atoms with E-state index < -0.39 is 0 Å². The quantitative estimate of drug-likeness (QED) is 0.184. The summed E-state index contributed by atoms with van der Waals surface area (Å²) in [6.45, 7) is 7.40. The maximum Gasteiger partial charge on any atom is 0.270 e. The molecule has 0 aliphatic carbocycles. The molecule has 4 rings (SSSR count). The van der Waals surface area contributed by atoms with Crippen LogP contribution in [0.3, 0.4) is 0 Å². The molecule has 5 nitrogen and oxygen atoms in total. The van der Waals surface area contributed by atoms with Gasteiger partial charge >= 0.3 is 0 Å². The van der Waals surface area contributed by atoms with Crippen LogP contribution in [0.15, 0.2) is 77.7 Å². The first-order chi connectivity index (χ1) is 17.2. The minimum atomic E-state index is -0.146. The van der Waals surface area contributed by atoms with E-state index in [1.807, 2.05) is 66.7 Å². The molecule has 3 aromatic rings. The van der Waals surface area contributed by atoms with Crippen molar-refractivity contribution in [2.45, 2.75) is 26.2 Å². The van der Waals surface area contributed by atoms with Crippen molar-refractivity contribution in [1.82, 2.24) is 0 Å². The molecule has 1 fully saturated rings. The number of ether oxygens (including phenoxy) is 3. The molecule has 1 aliphatic heterocycles. The molecule has 186 valence electrons. The third kappa shape index (κ3) is 6.28. The van der Waals surface area contributed by atoms with Crippen LogP contribution in [0.1, 0.15) is 31.9 Å². The summed E-state index contributed by atoms with van der Waals surface area (Å²) in [7, 11) is 1.60. The first-order valence-electron chi connectivity index (χ1n) is 11.6. The first-order valence-corrected chi connectivity index (χ1v) is 12.9. The average molecular weight is 520 g/mol. The van der Waals surface area contributed by atoms with E-state index >= 15 is 0 Å². The standard InChI is InChI=1S/C29H29NO4S2/c1-29(2,3)21-8-12-24(13-9-21)33-16-17-34-25-7-5-6-20(18-25)19-26-27(31)30(28(35)36-26)22-10-14-23(32-4)15-11-22/h5-15,18-19H,16-17H2,1-4H3/b26-19+. The lowest BCUT2D eigenvalue weighted by atomic mass is 9.87. The third-order valence-corrected chi connectivity index (χ3v) is 6.92. The molecule has 0 spiro atoms. The molecule has 1 saturated heterocycles. The Labute approximate surface area is 222 Å². The van der Waals surface area contributed by atoms with Gasteiger partial charge in [0.2, 0.25) is 0 Å². The second-order valence-corrected chi connectivity index (χ2v) is 10.9. The highest BCUT2D eigenvalue weighted by Gasteiger charge is 2.33. The van der Waals surface area contributed by atoms with E-state index in [-0.39, 0.29) is 11.3 Å². The van der Waals surface area contributed by atoms with Gasteiger partial charge in [0.1, 0.15) is 30.5 Å². The monoisotopic (exact) mass is 519 g/mol. The minimum Gasteiger partial charge on any atom is -0.497 e. The fourth-order valence-electron chi connectivity index (χ4n) is 3.64. The van der Waals surface area contributed by atoms with Crippen molar-refractivity contribution >= 4 is 46.0 Å². The lowest BCUT2D eigenvalue weighted by Crippen LogP contribution is -2.27. The van der Waals surface area contributed by atoms with Gasteiger partial charge in [-0.1, -0.05) is 69.0 Å². The number of thiocarbonyl (C=S) groups is 1. The molecule has 0 saturated carbocycles. The number of anilines is 1. The van der Waals surface area contributed by atoms with Gasteiger partial charge in [-0.15, -0.1) is 0 Å². The molecule has 0 unspecified atom stereocenters. The number of hydrogen-bond acceptors (Lipinski definition) is 6. The smallest absolute Gasteiger partial charge is 0.270 e. The summed E-state index contributed by atoms with van der Waals surface area (Å²) in [5.74, 6) is 2.10. The van der Waals surface area contributed by atoms with Gasteiger partial charge in [-0.05, 0) is 71.1 Å². The molecule has 0 N–H and O–H groups in total. The van der Waals surface area contributed by atoms with Crippen molar-refractivity contribution in [3.63, 3.8) is 0 Å². The van der Waals surface area contributed by atoms with Gasteiger partial charge in [0.05, 0.1) is 17.7 Å². The molecule has 1 heterocycles. The molecular formula is C29H29NO4S2. The molecule has 0 bridgehead atoms. The highest BCUT2D eigenvalue weighted by Crippen LogP contribution is 2.36. The second-order valence-electron chi connectivity index (χ2n) is 9.26. The maximum atomic E-state index is 13.1. The lowest BCUT2D eigenvalue weighted by molar-refractivity contribution is -0.113. The van der Waals surface area contributed by atoms with E-state index in [0.717, 1.165) is 17.1 Å². The average Bonchev–Trinajstić information content (AvgIpc) is 3.14. The van der Waals surface area contributed by atoms with Crippen LogP contribution in [0.5, 0.6) is 17.2 Å². The predicted octanol–water partition coefficient (Wildman–Crippen LogP) is 6.86. The van der Waals surface area contributed by atoms with Crippen molar-refractivity contribution in [3.05, 3.63) is 88.8 Å². The predicted molar refractivity (Wildman–Crippen MR) is 151 cm³/mol. The van der Waals surface area contributed by atoms with Gasteiger partial charge in [-0.25, -0.2) is 0 Å². The van der Waals surface area contributed by atoms with E-state index in [2.05, 4.69) is 32.9 Å². The molecule has 7 heteroatoms. The van der Waals surface area contributed by atoms with Crippen LogP contribution < -0.4 is 19.1 Å². The molecule has 1 amide bonds. The highest BCUT2D eigenvalue weighted by molar-refractivity contribution is 8.27. The molecule has 36 heavy (non-hydrogen) atoms. The van der Waals surface area contributed by atoms with Crippen LogP contribution in [-0.2, 0) is 10.2 Å². The summed E-state index contributed by atoms with van der Waals surface area (Å²) in [4.78, 5) is 15.2. The van der Waals surface area contributed by atoms with E-state index in [1.165, 1.54) is 22.2 Å². The zero-order valence-corrected chi connectivity index (χ0v) is 22.4. The largest absolute Gasteiger partial charge is 0.497 e. The van der Waals surface area contributed by atoms with Gasteiger partial charge in [-0.2, -0.15) is 0 Å². The van der Waals surface area contributed by atoms with Gasteiger partial charge < -0.3 is 14.2 Å². The van der Waals surface area contributed by atoms with Crippen molar-refractivity contribution < 1.29 is 19.0 Å². The van der Waals surface area contributed by atoms with Crippen LogP contribution in [0.2, 0.25) is 0 Å². The fourth-order valence-corrected chi connectivity index (χ4v) is 4.94. The number of hydrogen-bond donors (Lipinski definition) is 0. The third-order valence-electron chi connectivity index (χ3n) is 5.62. The Morgan fingerprint density at radius 3 is 2.17 bits per heavy atom. The van der Waals surface area contributed by atoms with Crippen LogP contribution in [-0.4, -0.2) is 30.6 Å². The second kappa shape index (κ2) is 11.2. The summed E-state index contributed by atoms with van der Waals surface area (Å²) >= 11 is 6.76. The number of benzene rings is 3. The number of nitrogens with zero attached hydrogens (tertiary/aromatic N) is 1. The van der Waals surface area contributed by atoms with E-state index in [0.29, 0.717) is 33.9 Å². The number of methoxy groups -OCH3 is 1. The Hall–Kier alpha value is -3.29. The summed E-state index contributed by atoms with van der Waals surface area (Å²) in [6.07, 6.45) is 1.84. The molecule has 0 atom stereocenters. The molecule has 0 radical (unpaired) electrons. The fraction of sp³-hybridized carbons (Fsp3) is 0.241. The van der Waals surface area contributed by atoms with Gasteiger partial charge in [0, 0.05) is 0 Å². The summed E-state index contributed by atoms with van der Waals surface area (Å²) in [6, 6.07) is 23.0. The van der Waals surface area contributed by atoms with Crippen molar-refractivity contribution in [1.29, 1.82) is 0 Å². The topological polar surface area (TPSA) is 48.0 Å². The Kier molecular flexibility index (Phi) is 8.01. The Bertz CT molecular complexity index is 1260. The molecule has 0 aromatic heterocycles. The lowest BCUT2D eigenvalue weighted by Gasteiger charge is -2.19. The number of rotatable bonds is 8. The van der Waals surface area contributed by atoms with E-state index in [1.54, 1.807) is 7.11 Å². The molecular weight excluding hydrogens is 490 g/mol. The zero-order chi connectivity index (χ0) is 25.7. The van der Waals surface area contributed by atoms with Crippen molar-refractivity contribution in [2.24, 2.45) is 0 Å². The Morgan fingerprint density at radius 2 is 1.53 bits per heavy atom. The van der Waals surface area contributed by atoms with Gasteiger partial charge in [0.15, 0.2) is 4.32 Å². The number of amides is 1. The number of thioether (sulfide) groups is 1. The number of carbonyl (C=O) groups is 1. The summed E-state index contributed by atoms with van der Waals surface area (Å²) in [5, 5.41) is 0. The molecule has 3 aromatic carbocycles. The SMILES string of the molecule is COc1ccc(N2C(=O)/C(=C\c3cccc(OCCOc4ccc(C(C)(C)C)cc4)c3)SC2=S)cc1. The summed E-state index contributed by atoms with van der Waals surface area (Å²) < 4.78 is 17.4. The normalized spacial score (nSPS) is 14.9. The van der Waals surface area contributed by atoms with Crippen LogP contribution in [0.25, 0.3) is 6.08 Å². The van der Waals surface area contributed by atoms with Crippen LogP contribution in [0.4, 0.5) is 5.69 Å². The van der Waals surface area contributed by atoms with Gasteiger partial charge in [0.25, 0.3) is 5.91 Å². The summed E-state index contributed by atoms with van der Waals surface area (Å²) in [5.41, 5.74) is 2.96. The minimum absolute atomic E-state index is 0.114. The van der Waals surface area contributed by atoms with Gasteiger partial charge in [-0.3, -0.25) is 9.69 Å².